The normalized spacial score (nSPS) is 23.0. The first-order valence-corrected chi connectivity index (χ1v) is 9.38. The van der Waals surface area contributed by atoms with Crippen molar-refractivity contribution >= 4 is 22.9 Å². The summed E-state index contributed by atoms with van der Waals surface area (Å²) in [6, 6.07) is 1.65. The first kappa shape index (κ1) is 16.0. The lowest BCUT2D eigenvalue weighted by Gasteiger charge is -2.25. The van der Waals surface area contributed by atoms with Crippen LogP contribution in [0.4, 0.5) is 10.1 Å². The number of fused-ring (bicyclic) bond motifs is 1. The minimum absolute atomic E-state index is 0.0125. The largest absolute Gasteiger partial charge is 0.367 e. The number of nitrogens with zero attached hydrogens (tertiary/aromatic N) is 2. The van der Waals surface area contributed by atoms with Crippen LogP contribution in [0.1, 0.15) is 55.2 Å². The van der Waals surface area contributed by atoms with Crippen LogP contribution in [0, 0.1) is 5.82 Å². The number of benzene rings is 1. The second-order valence-corrected chi connectivity index (χ2v) is 7.90. The number of hydrogen-bond acceptors (Lipinski definition) is 4. The number of aromatic nitrogens is 1. The van der Waals surface area contributed by atoms with Crippen LogP contribution in [0.2, 0.25) is 0 Å². The van der Waals surface area contributed by atoms with E-state index in [1.807, 2.05) is 9.47 Å². The zero-order valence-corrected chi connectivity index (χ0v) is 14.5. The van der Waals surface area contributed by atoms with Gasteiger partial charge in [0.2, 0.25) is 11.7 Å². The van der Waals surface area contributed by atoms with E-state index in [1.165, 1.54) is 6.07 Å². The van der Waals surface area contributed by atoms with Crippen LogP contribution in [-0.4, -0.2) is 30.0 Å². The molecule has 26 heavy (non-hydrogen) atoms. The molecule has 0 amide bonds. The molecule has 2 aliphatic carbocycles. The van der Waals surface area contributed by atoms with Crippen molar-refractivity contribution < 1.29 is 9.18 Å². The monoisotopic (exact) mass is 354 g/mol. The molecule has 1 saturated heterocycles. The Morgan fingerprint density at radius 3 is 2.54 bits per heavy atom. The molecule has 1 atom stereocenters. The van der Waals surface area contributed by atoms with E-state index in [-0.39, 0.29) is 29.4 Å². The maximum absolute atomic E-state index is 15.2. The topological polar surface area (TPSA) is 68.3 Å². The van der Waals surface area contributed by atoms with Gasteiger partial charge < -0.3 is 15.2 Å². The highest BCUT2D eigenvalue weighted by Crippen LogP contribution is 2.50. The van der Waals surface area contributed by atoms with E-state index >= 15 is 4.39 Å². The third-order valence-electron chi connectivity index (χ3n) is 5.86. The SMILES string of the molecule is NC1CCN(c2c(F)cc3c(=O)c([C]=O)cn(C4CC4)c3c2C2CC2)C1. The molecule has 5 nitrogen and oxygen atoms in total. The molecule has 0 spiro atoms. The van der Waals surface area contributed by atoms with Gasteiger partial charge in [-0.2, -0.15) is 0 Å². The first-order valence-electron chi connectivity index (χ1n) is 9.38. The Hall–Kier alpha value is -2.21. The van der Waals surface area contributed by atoms with Gasteiger partial charge in [0.05, 0.1) is 16.8 Å². The van der Waals surface area contributed by atoms with Crippen molar-refractivity contribution in [2.24, 2.45) is 5.73 Å². The average molecular weight is 354 g/mol. The van der Waals surface area contributed by atoms with Crippen molar-refractivity contribution in [3.63, 3.8) is 0 Å². The number of anilines is 1. The second-order valence-electron chi connectivity index (χ2n) is 7.90. The van der Waals surface area contributed by atoms with Gasteiger partial charge in [-0.25, -0.2) is 4.39 Å². The fourth-order valence-electron chi connectivity index (χ4n) is 4.29. The van der Waals surface area contributed by atoms with Crippen LogP contribution in [0.5, 0.6) is 0 Å². The number of carbonyl (C=O) groups excluding carboxylic acids is 1. The third kappa shape index (κ3) is 2.39. The van der Waals surface area contributed by atoms with Crippen molar-refractivity contribution in [3.8, 4) is 0 Å². The number of nitrogens with two attached hydrogens (primary N) is 1. The molecule has 3 fully saturated rings. The van der Waals surface area contributed by atoms with Crippen molar-refractivity contribution in [1.29, 1.82) is 0 Å². The zero-order chi connectivity index (χ0) is 18.0. The van der Waals surface area contributed by atoms with Crippen LogP contribution in [0.15, 0.2) is 17.1 Å². The van der Waals surface area contributed by atoms with Gasteiger partial charge in [0.25, 0.3) is 0 Å². The minimum Gasteiger partial charge on any atom is -0.367 e. The summed E-state index contributed by atoms with van der Waals surface area (Å²) >= 11 is 0. The second kappa shape index (κ2) is 5.64. The zero-order valence-electron chi connectivity index (χ0n) is 14.5. The molecule has 1 aromatic heterocycles. The van der Waals surface area contributed by atoms with E-state index in [1.54, 1.807) is 12.5 Å². The van der Waals surface area contributed by atoms with Crippen LogP contribution in [0.3, 0.4) is 0 Å². The predicted octanol–water partition coefficient (Wildman–Crippen LogP) is 2.35. The quantitative estimate of drug-likeness (QED) is 0.915. The Kier molecular flexibility index (Phi) is 3.47. The van der Waals surface area contributed by atoms with E-state index in [2.05, 4.69) is 0 Å². The van der Waals surface area contributed by atoms with E-state index in [0.717, 1.165) is 49.7 Å². The molecule has 1 aromatic carbocycles. The highest BCUT2D eigenvalue weighted by Gasteiger charge is 2.37. The predicted molar refractivity (Wildman–Crippen MR) is 98.0 cm³/mol. The summed E-state index contributed by atoms with van der Waals surface area (Å²) in [4.78, 5) is 26.0. The fraction of sp³-hybridized carbons (Fsp3) is 0.500. The number of pyridine rings is 1. The molecular formula is C20H21FN3O2. The Morgan fingerprint density at radius 2 is 1.96 bits per heavy atom. The van der Waals surface area contributed by atoms with E-state index in [4.69, 9.17) is 5.73 Å². The van der Waals surface area contributed by atoms with Gasteiger partial charge in [-0.1, -0.05) is 0 Å². The highest BCUT2D eigenvalue weighted by molar-refractivity contribution is 5.92. The summed E-state index contributed by atoms with van der Waals surface area (Å²) in [5, 5.41) is 0.310. The van der Waals surface area contributed by atoms with Gasteiger partial charge in [0, 0.05) is 42.3 Å². The summed E-state index contributed by atoms with van der Waals surface area (Å²) in [7, 11) is 0. The summed E-state index contributed by atoms with van der Waals surface area (Å²) in [5.74, 6) is -0.105. The Labute approximate surface area is 150 Å². The summed E-state index contributed by atoms with van der Waals surface area (Å²) in [5.41, 5.74) is 7.99. The van der Waals surface area contributed by atoms with E-state index in [9.17, 15) is 9.59 Å². The molecule has 0 bridgehead atoms. The summed E-state index contributed by atoms with van der Waals surface area (Å²) in [6.45, 7) is 1.37. The Morgan fingerprint density at radius 1 is 1.19 bits per heavy atom. The fourth-order valence-corrected chi connectivity index (χ4v) is 4.29. The molecule has 6 heteroatoms. The van der Waals surface area contributed by atoms with Crippen LogP contribution in [0.25, 0.3) is 10.9 Å². The molecule has 2 aromatic rings. The molecule has 1 radical (unpaired) electrons. The number of rotatable bonds is 4. The van der Waals surface area contributed by atoms with Gasteiger partial charge in [-0.15, -0.1) is 0 Å². The smallest absolute Gasteiger partial charge is 0.239 e. The van der Waals surface area contributed by atoms with Gasteiger partial charge in [0.1, 0.15) is 5.82 Å². The molecule has 5 rings (SSSR count). The van der Waals surface area contributed by atoms with E-state index < -0.39 is 5.43 Å². The third-order valence-corrected chi connectivity index (χ3v) is 5.86. The van der Waals surface area contributed by atoms with E-state index in [0.29, 0.717) is 17.6 Å². The van der Waals surface area contributed by atoms with Gasteiger partial charge in [0.15, 0.2) is 0 Å². The van der Waals surface area contributed by atoms with Crippen molar-refractivity contribution in [3.05, 3.63) is 39.4 Å². The lowest BCUT2D eigenvalue weighted by atomic mass is 9.99. The Balaban J connectivity index is 1.85. The molecular weight excluding hydrogens is 333 g/mol. The molecule has 135 valence electrons. The van der Waals surface area contributed by atoms with Crippen molar-refractivity contribution in [2.45, 2.75) is 50.1 Å². The molecule has 1 unspecified atom stereocenters. The first-order chi connectivity index (χ1) is 12.6. The average Bonchev–Trinajstić information content (AvgIpc) is 3.53. The molecule has 2 N–H and O–H groups in total. The van der Waals surface area contributed by atoms with Crippen molar-refractivity contribution in [1.82, 2.24) is 4.57 Å². The lowest BCUT2D eigenvalue weighted by molar-refractivity contribution is 0.562. The minimum atomic E-state index is -0.419. The van der Waals surface area contributed by atoms with Gasteiger partial charge in [-0.05, 0) is 44.1 Å². The van der Waals surface area contributed by atoms with Crippen LogP contribution in [-0.2, 0) is 4.79 Å². The summed E-state index contributed by atoms with van der Waals surface area (Å²) < 4.78 is 17.2. The molecule has 1 aliphatic heterocycles. The lowest BCUT2D eigenvalue weighted by Crippen LogP contribution is -2.28. The Bertz CT molecular complexity index is 975. The van der Waals surface area contributed by atoms with Crippen LogP contribution < -0.4 is 16.1 Å². The van der Waals surface area contributed by atoms with Crippen LogP contribution >= 0.6 is 0 Å². The highest BCUT2D eigenvalue weighted by atomic mass is 19.1. The molecule has 2 heterocycles. The number of halogens is 1. The van der Waals surface area contributed by atoms with Gasteiger partial charge >= 0.3 is 0 Å². The van der Waals surface area contributed by atoms with Gasteiger partial charge in [-0.3, -0.25) is 9.59 Å². The maximum atomic E-state index is 15.2. The maximum Gasteiger partial charge on any atom is 0.239 e. The standard InChI is InChI=1S/C20H21FN3O2/c21-16-7-15-18(24(14-3-4-14)8-12(10-25)20(15)26)17(11-1-2-11)19(16)23-6-5-13(22)9-23/h7-8,11,13-14H,1-6,9,22H2. The molecule has 3 aliphatic rings. The molecule has 2 saturated carbocycles. The number of hydrogen-bond donors (Lipinski definition) is 1. The summed E-state index contributed by atoms with van der Waals surface area (Å²) in [6.07, 6.45) is 8.25. The van der Waals surface area contributed by atoms with Crippen molar-refractivity contribution in [2.75, 3.05) is 18.0 Å².